The van der Waals surface area contributed by atoms with Crippen LogP contribution in [0.1, 0.15) is 10.6 Å². The molecule has 0 aliphatic rings. The second kappa shape index (κ2) is 6.40. The molecule has 25 heavy (non-hydrogen) atoms. The number of imidazole rings is 1. The standard InChI is InChI=1S/C18H13N5O2/c24-18(16-10-15(22-25-16)13-4-2-1-3-5-13)21-14-6-7-17(20-11-14)23-9-8-19-12-23/h1-12H,(H,21,24). The summed E-state index contributed by atoms with van der Waals surface area (Å²) in [6.07, 6.45) is 6.69. The lowest BCUT2D eigenvalue weighted by atomic mass is 10.1. The van der Waals surface area contributed by atoms with Crippen molar-refractivity contribution < 1.29 is 9.32 Å². The van der Waals surface area contributed by atoms with Gasteiger partial charge in [-0.25, -0.2) is 9.97 Å². The zero-order chi connectivity index (χ0) is 17.1. The number of carbonyl (C=O) groups excluding carboxylic acids is 1. The fraction of sp³-hybridized carbons (Fsp3) is 0. The van der Waals surface area contributed by atoms with E-state index in [2.05, 4.69) is 20.4 Å². The molecule has 0 unspecified atom stereocenters. The van der Waals surface area contributed by atoms with Crippen LogP contribution in [0.5, 0.6) is 0 Å². The molecule has 1 amide bonds. The summed E-state index contributed by atoms with van der Waals surface area (Å²) < 4.78 is 6.91. The molecule has 7 nitrogen and oxygen atoms in total. The number of rotatable bonds is 4. The summed E-state index contributed by atoms with van der Waals surface area (Å²) in [5, 5.41) is 6.67. The molecule has 0 saturated carbocycles. The van der Waals surface area contributed by atoms with Gasteiger partial charge in [0.2, 0.25) is 5.76 Å². The van der Waals surface area contributed by atoms with E-state index in [1.807, 2.05) is 30.3 Å². The van der Waals surface area contributed by atoms with E-state index in [9.17, 15) is 4.79 Å². The Bertz CT molecular complexity index is 976. The summed E-state index contributed by atoms with van der Waals surface area (Å²) in [6.45, 7) is 0. The van der Waals surface area contributed by atoms with Crippen LogP contribution < -0.4 is 5.32 Å². The largest absolute Gasteiger partial charge is 0.350 e. The molecule has 0 bridgehead atoms. The van der Waals surface area contributed by atoms with Crippen molar-refractivity contribution in [3.8, 4) is 17.1 Å². The second-order valence-electron chi connectivity index (χ2n) is 5.27. The van der Waals surface area contributed by atoms with Crippen LogP contribution in [0.15, 0.2) is 78.0 Å². The Labute approximate surface area is 143 Å². The van der Waals surface area contributed by atoms with Gasteiger partial charge in [0.15, 0.2) is 0 Å². The molecule has 0 radical (unpaired) electrons. The zero-order valence-electron chi connectivity index (χ0n) is 13.0. The van der Waals surface area contributed by atoms with E-state index < -0.39 is 0 Å². The molecule has 4 aromatic rings. The molecular weight excluding hydrogens is 318 g/mol. The maximum atomic E-state index is 12.3. The molecule has 1 N–H and O–H groups in total. The third-order valence-corrected chi connectivity index (χ3v) is 3.58. The van der Waals surface area contributed by atoms with Crippen LogP contribution in [-0.4, -0.2) is 25.6 Å². The molecule has 0 saturated heterocycles. The normalized spacial score (nSPS) is 10.6. The summed E-state index contributed by atoms with van der Waals surface area (Å²) in [5.41, 5.74) is 2.06. The van der Waals surface area contributed by atoms with Crippen LogP contribution in [0.2, 0.25) is 0 Å². The third-order valence-electron chi connectivity index (χ3n) is 3.58. The summed E-state index contributed by atoms with van der Waals surface area (Å²) in [5.74, 6) is 0.464. The molecule has 1 aromatic carbocycles. The van der Waals surface area contributed by atoms with Gasteiger partial charge in [-0.05, 0) is 12.1 Å². The van der Waals surface area contributed by atoms with Crippen LogP contribution >= 0.6 is 0 Å². The van der Waals surface area contributed by atoms with Gasteiger partial charge < -0.3 is 9.84 Å². The first-order valence-electron chi connectivity index (χ1n) is 7.57. The van der Waals surface area contributed by atoms with Gasteiger partial charge >= 0.3 is 0 Å². The first kappa shape index (κ1) is 14.8. The van der Waals surface area contributed by atoms with E-state index in [1.165, 1.54) is 0 Å². The highest BCUT2D eigenvalue weighted by atomic mass is 16.5. The number of carbonyl (C=O) groups is 1. The minimum absolute atomic E-state index is 0.137. The maximum Gasteiger partial charge on any atom is 0.294 e. The van der Waals surface area contributed by atoms with Gasteiger partial charge in [0.1, 0.15) is 17.8 Å². The van der Waals surface area contributed by atoms with Crippen molar-refractivity contribution in [1.82, 2.24) is 19.7 Å². The Hall–Kier alpha value is -3.74. The highest BCUT2D eigenvalue weighted by Gasteiger charge is 2.14. The molecule has 3 aromatic heterocycles. The summed E-state index contributed by atoms with van der Waals surface area (Å²) >= 11 is 0. The molecule has 0 aliphatic carbocycles. The fourth-order valence-corrected chi connectivity index (χ4v) is 2.33. The van der Waals surface area contributed by atoms with Crippen LogP contribution in [0.25, 0.3) is 17.1 Å². The molecule has 0 aliphatic heterocycles. The zero-order valence-corrected chi connectivity index (χ0v) is 13.0. The average molecular weight is 331 g/mol. The van der Waals surface area contributed by atoms with E-state index >= 15 is 0 Å². The molecule has 0 fully saturated rings. The van der Waals surface area contributed by atoms with Crippen molar-refractivity contribution in [3.63, 3.8) is 0 Å². The Kier molecular flexibility index (Phi) is 3.80. The first-order chi connectivity index (χ1) is 12.3. The fourth-order valence-electron chi connectivity index (χ4n) is 2.33. The quantitative estimate of drug-likeness (QED) is 0.621. The van der Waals surface area contributed by atoms with E-state index in [4.69, 9.17) is 4.52 Å². The topological polar surface area (TPSA) is 85.8 Å². The first-order valence-corrected chi connectivity index (χ1v) is 7.57. The predicted molar refractivity (Wildman–Crippen MR) is 91.3 cm³/mol. The van der Waals surface area contributed by atoms with Crippen LogP contribution in [0.3, 0.4) is 0 Å². The molecule has 3 heterocycles. The van der Waals surface area contributed by atoms with Gasteiger partial charge in [-0.1, -0.05) is 35.5 Å². The number of nitrogens with one attached hydrogen (secondary N) is 1. The smallest absolute Gasteiger partial charge is 0.294 e. The van der Waals surface area contributed by atoms with E-state index in [0.717, 1.165) is 5.56 Å². The molecular formula is C18H13N5O2. The lowest BCUT2D eigenvalue weighted by Crippen LogP contribution is -2.11. The molecule has 0 spiro atoms. The van der Waals surface area contributed by atoms with Crippen LogP contribution in [-0.2, 0) is 0 Å². The summed E-state index contributed by atoms with van der Waals surface area (Å²) in [6, 6.07) is 14.7. The van der Waals surface area contributed by atoms with E-state index in [-0.39, 0.29) is 11.7 Å². The Morgan fingerprint density at radius 2 is 2.00 bits per heavy atom. The number of benzene rings is 1. The maximum absolute atomic E-state index is 12.3. The lowest BCUT2D eigenvalue weighted by Gasteiger charge is -2.04. The predicted octanol–water partition coefficient (Wildman–Crippen LogP) is 3.17. The minimum Gasteiger partial charge on any atom is -0.350 e. The number of hydrogen-bond donors (Lipinski definition) is 1. The molecule has 122 valence electrons. The monoisotopic (exact) mass is 331 g/mol. The van der Waals surface area contributed by atoms with Crippen molar-refractivity contribution in [2.45, 2.75) is 0 Å². The van der Waals surface area contributed by atoms with Gasteiger partial charge in [-0.3, -0.25) is 9.36 Å². The van der Waals surface area contributed by atoms with Crippen LogP contribution in [0.4, 0.5) is 5.69 Å². The van der Waals surface area contributed by atoms with Gasteiger partial charge in [0.25, 0.3) is 5.91 Å². The number of anilines is 1. The average Bonchev–Trinajstić information content (AvgIpc) is 3.35. The van der Waals surface area contributed by atoms with Gasteiger partial charge in [0, 0.05) is 24.0 Å². The second-order valence-corrected chi connectivity index (χ2v) is 5.27. The highest BCUT2D eigenvalue weighted by molar-refractivity contribution is 6.02. The summed E-state index contributed by atoms with van der Waals surface area (Å²) in [4.78, 5) is 20.5. The number of hydrogen-bond acceptors (Lipinski definition) is 5. The Morgan fingerprint density at radius 1 is 1.12 bits per heavy atom. The van der Waals surface area contributed by atoms with Crippen molar-refractivity contribution in [2.75, 3.05) is 5.32 Å². The van der Waals surface area contributed by atoms with Gasteiger partial charge in [0.05, 0.1) is 11.9 Å². The number of aromatic nitrogens is 4. The van der Waals surface area contributed by atoms with Crippen molar-refractivity contribution >= 4 is 11.6 Å². The highest BCUT2D eigenvalue weighted by Crippen LogP contribution is 2.19. The molecule has 4 rings (SSSR count). The van der Waals surface area contributed by atoms with Gasteiger partial charge in [-0.2, -0.15) is 0 Å². The third kappa shape index (κ3) is 3.16. The van der Waals surface area contributed by atoms with E-state index in [1.54, 1.807) is 47.7 Å². The number of pyridine rings is 1. The SMILES string of the molecule is O=C(Nc1ccc(-n2ccnc2)nc1)c1cc(-c2ccccc2)no1. The van der Waals surface area contributed by atoms with Crippen LogP contribution in [0, 0.1) is 0 Å². The molecule has 7 heteroatoms. The number of amides is 1. The Balaban J connectivity index is 1.48. The lowest BCUT2D eigenvalue weighted by molar-refractivity contribution is 0.0988. The Morgan fingerprint density at radius 3 is 2.72 bits per heavy atom. The molecule has 0 atom stereocenters. The van der Waals surface area contributed by atoms with Gasteiger partial charge in [-0.15, -0.1) is 0 Å². The number of nitrogens with zero attached hydrogens (tertiary/aromatic N) is 4. The van der Waals surface area contributed by atoms with Crippen molar-refractivity contribution in [3.05, 3.63) is 79.2 Å². The van der Waals surface area contributed by atoms with Crippen molar-refractivity contribution in [1.29, 1.82) is 0 Å². The minimum atomic E-state index is -0.383. The van der Waals surface area contributed by atoms with E-state index in [0.29, 0.717) is 17.2 Å². The van der Waals surface area contributed by atoms with Crippen molar-refractivity contribution in [2.24, 2.45) is 0 Å². The summed E-state index contributed by atoms with van der Waals surface area (Å²) in [7, 11) is 0.